The molecule has 0 aromatic heterocycles. The Morgan fingerprint density at radius 2 is 1.57 bits per heavy atom. The van der Waals surface area contributed by atoms with Gasteiger partial charge in [-0.2, -0.15) is 10.2 Å². The molecule has 5 heteroatoms. The molecule has 2 saturated heterocycles. The van der Waals surface area contributed by atoms with Crippen LogP contribution in [0.25, 0.3) is 0 Å². The molecule has 0 aromatic rings. The van der Waals surface area contributed by atoms with E-state index in [1.54, 1.807) is 0 Å². The Morgan fingerprint density at radius 1 is 1.00 bits per heavy atom. The Labute approximate surface area is 125 Å². The third-order valence-electron chi connectivity index (χ3n) is 8.42. The lowest BCUT2D eigenvalue weighted by molar-refractivity contribution is -0.105. The summed E-state index contributed by atoms with van der Waals surface area (Å²) < 4.78 is 6.64. The Balaban J connectivity index is 1.92. The number of allylic oxidation sites excluding steroid dienone is 2. The molecule has 6 unspecified atom stereocenters. The van der Waals surface area contributed by atoms with E-state index in [4.69, 9.17) is 10.6 Å². The Bertz CT molecular complexity index is 688. The average molecular weight is 288 g/mol. The highest BCUT2D eigenvalue weighted by Crippen LogP contribution is 2.95. The maximum atomic E-state index is 6.66. The molecule has 6 atom stereocenters. The van der Waals surface area contributed by atoms with Crippen molar-refractivity contribution in [2.24, 2.45) is 26.9 Å². The summed E-state index contributed by atoms with van der Waals surface area (Å²) >= 11 is 0. The number of ether oxygens (including phenoxy) is 1. The molecule has 3 fully saturated rings. The molecule has 114 valence electrons. The smallest absolute Gasteiger partial charge is 0.187 e. The first-order valence-corrected chi connectivity index (χ1v) is 7.93. The van der Waals surface area contributed by atoms with Gasteiger partial charge in [0.2, 0.25) is 0 Å². The van der Waals surface area contributed by atoms with Gasteiger partial charge in [0.05, 0.1) is 16.6 Å². The number of hydrogen-bond acceptors (Lipinski definition) is 5. The van der Waals surface area contributed by atoms with Crippen LogP contribution in [0.15, 0.2) is 21.4 Å². The standard InChI is InChI=1S/C16H24N4O/c1-9-7-15-11(3)12(15,4)21-14(6)16(15,8-10(9)2)13(5,18-19-14)20(11)17/h7-8,17H2,1-6H3. The second-order valence-corrected chi connectivity index (χ2v) is 8.51. The fourth-order valence-electron chi connectivity index (χ4n) is 7.25. The van der Waals surface area contributed by atoms with Crippen molar-refractivity contribution in [2.45, 2.75) is 76.9 Å². The second kappa shape index (κ2) is 2.63. The van der Waals surface area contributed by atoms with Gasteiger partial charge in [0.15, 0.2) is 11.4 Å². The van der Waals surface area contributed by atoms with E-state index in [2.05, 4.69) is 51.8 Å². The molecule has 0 aromatic carbocycles. The van der Waals surface area contributed by atoms with Gasteiger partial charge in [-0.15, -0.1) is 0 Å². The lowest BCUT2D eigenvalue weighted by atomic mass is 9.54. The van der Waals surface area contributed by atoms with Crippen LogP contribution in [0.2, 0.25) is 0 Å². The zero-order valence-corrected chi connectivity index (χ0v) is 13.7. The summed E-state index contributed by atoms with van der Waals surface area (Å²) in [5, 5.41) is 11.3. The Kier molecular flexibility index (Phi) is 1.60. The largest absolute Gasteiger partial charge is 0.343 e. The predicted octanol–water partition coefficient (Wildman–Crippen LogP) is 2.74. The highest BCUT2D eigenvalue weighted by molar-refractivity contribution is 5.57. The van der Waals surface area contributed by atoms with Crippen LogP contribution in [0.5, 0.6) is 0 Å². The van der Waals surface area contributed by atoms with E-state index in [9.17, 15) is 0 Å². The number of piperidine rings is 1. The van der Waals surface area contributed by atoms with Crippen molar-refractivity contribution >= 4 is 0 Å². The molecule has 21 heavy (non-hydrogen) atoms. The summed E-state index contributed by atoms with van der Waals surface area (Å²) in [6, 6.07) is 0. The average Bonchev–Trinajstić information content (AvgIpc) is 2.60. The molecule has 5 rings (SSSR count). The molecule has 0 amide bonds. The summed E-state index contributed by atoms with van der Waals surface area (Å²) in [5.41, 5.74) is 1.43. The summed E-state index contributed by atoms with van der Waals surface area (Å²) in [6.45, 7) is 13.3. The second-order valence-electron chi connectivity index (χ2n) is 8.51. The minimum atomic E-state index is -0.550. The van der Waals surface area contributed by atoms with E-state index < -0.39 is 11.4 Å². The van der Waals surface area contributed by atoms with Gasteiger partial charge < -0.3 is 4.74 Å². The number of hydrogen-bond donors (Lipinski definition) is 1. The third-order valence-corrected chi connectivity index (χ3v) is 8.42. The topological polar surface area (TPSA) is 63.2 Å². The van der Waals surface area contributed by atoms with Crippen molar-refractivity contribution in [1.29, 1.82) is 0 Å². The lowest BCUT2D eigenvalue weighted by Gasteiger charge is -2.48. The van der Waals surface area contributed by atoms with E-state index in [1.165, 1.54) is 11.1 Å². The van der Waals surface area contributed by atoms with Crippen molar-refractivity contribution < 1.29 is 4.74 Å². The summed E-state index contributed by atoms with van der Waals surface area (Å²) in [7, 11) is 0. The van der Waals surface area contributed by atoms with Crippen molar-refractivity contribution in [3.05, 3.63) is 11.1 Å². The van der Waals surface area contributed by atoms with Crippen LogP contribution < -0.4 is 5.84 Å². The summed E-state index contributed by atoms with van der Waals surface area (Å²) in [4.78, 5) is 0. The zero-order valence-electron chi connectivity index (χ0n) is 13.7. The van der Waals surface area contributed by atoms with Gasteiger partial charge in [-0.25, -0.2) is 5.01 Å². The quantitative estimate of drug-likeness (QED) is 0.550. The highest BCUT2D eigenvalue weighted by Gasteiger charge is 3.07. The van der Waals surface area contributed by atoms with Crippen molar-refractivity contribution in [3.8, 4) is 0 Å². The molecule has 2 aliphatic carbocycles. The molecular weight excluding hydrogens is 264 g/mol. The van der Waals surface area contributed by atoms with E-state index in [-0.39, 0.29) is 22.0 Å². The van der Waals surface area contributed by atoms with Gasteiger partial charge in [-0.1, -0.05) is 11.1 Å². The Hall–Kier alpha value is -0.780. The number of nitrogens with two attached hydrogens (primary N) is 1. The number of hydrazine groups is 1. The van der Waals surface area contributed by atoms with E-state index in [0.29, 0.717) is 0 Å². The first-order chi connectivity index (χ1) is 9.58. The molecule has 2 spiro atoms. The van der Waals surface area contributed by atoms with Crippen molar-refractivity contribution in [3.63, 3.8) is 0 Å². The number of rotatable bonds is 0. The maximum absolute atomic E-state index is 6.66. The van der Waals surface area contributed by atoms with Crippen LogP contribution >= 0.6 is 0 Å². The normalized spacial score (nSPS) is 66.8. The highest BCUT2D eigenvalue weighted by atomic mass is 16.6. The van der Waals surface area contributed by atoms with Gasteiger partial charge in [-0.05, 0) is 54.4 Å². The third kappa shape index (κ3) is 0.700. The number of nitrogens with zero attached hydrogens (tertiary/aromatic N) is 3. The van der Waals surface area contributed by atoms with Gasteiger partial charge in [0, 0.05) is 5.41 Å². The van der Waals surface area contributed by atoms with E-state index in [1.807, 2.05) is 5.01 Å². The molecule has 3 heterocycles. The zero-order chi connectivity index (χ0) is 15.3. The summed E-state index contributed by atoms with van der Waals surface area (Å²) in [5.74, 6) is 6.66. The fraction of sp³-hybridized carbons (Fsp3) is 0.875. The minimum Gasteiger partial charge on any atom is -0.343 e. The van der Waals surface area contributed by atoms with Gasteiger partial charge in [0.25, 0.3) is 0 Å². The van der Waals surface area contributed by atoms with Gasteiger partial charge >= 0.3 is 0 Å². The van der Waals surface area contributed by atoms with Crippen molar-refractivity contribution in [2.75, 3.05) is 0 Å². The Morgan fingerprint density at radius 3 is 2.19 bits per heavy atom. The fourth-order valence-corrected chi connectivity index (χ4v) is 7.25. The molecule has 0 bridgehead atoms. The van der Waals surface area contributed by atoms with E-state index in [0.717, 1.165) is 12.8 Å². The van der Waals surface area contributed by atoms with E-state index >= 15 is 0 Å². The number of azo groups is 1. The van der Waals surface area contributed by atoms with Crippen LogP contribution in [0, 0.1) is 10.8 Å². The monoisotopic (exact) mass is 288 g/mol. The molecule has 3 aliphatic heterocycles. The molecule has 5 aliphatic rings. The summed E-state index contributed by atoms with van der Waals surface area (Å²) in [6.07, 6.45) is 2.04. The van der Waals surface area contributed by atoms with Crippen molar-refractivity contribution in [1.82, 2.24) is 5.01 Å². The van der Waals surface area contributed by atoms with Gasteiger partial charge in [0.1, 0.15) is 0 Å². The molecule has 0 radical (unpaired) electrons. The minimum absolute atomic E-state index is 0.0261. The van der Waals surface area contributed by atoms with Gasteiger partial charge in [-0.3, -0.25) is 5.84 Å². The van der Waals surface area contributed by atoms with Crippen LogP contribution in [-0.4, -0.2) is 27.5 Å². The molecule has 1 saturated carbocycles. The SMILES string of the molecule is CC1=C(C)CC23C4(C)OC5(C)N=NC(C)(N(N)C42C)C53C1. The van der Waals surface area contributed by atoms with Crippen LogP contribution in [0.1, 0.15) is 54.4 Å². The lowest BCUT2D eigenvalue weighted by Crippen LogP contribution is -2.61. The first-order valence-electron chi connectivity index (χ1n) is 7.93. The maximum Gasteiger partial charge on any atom is 0.187 e. The van der Waals surface area contributed by atoms with Crippen LogP contribution in [-0.2, 0) is 4.74 Å². The van der Waals surface area contributed by atoms with Crippen LogP contribution in [0.4, 0.5) is 0 Å². The molecule has 5 nitrogen and oxygen atoms in total. The molecule has 2 N–H and O–H groups in total. The van der Waals surface area contributed by atoms with Crippen LogP contribution in [0.3, 0.4) is 0 Å². The number of fused-ring (bicyclic) bond motifs is 1. The predicted molar refractivity (Wildman–Crippen MR) is 78.1 cm³/mol. The first kappa shape index (κ1) is 12.7. The molecular formula is C16H24N4O.